The minimum Gasteiger partial charge on any atom is -0.490 e. The van der Waals surface area contributed by atoms with Crippen molar-refractivity contribution in [1.29, 1.82) is 0 Å². The number of aromatic nitrogens is 1. The van der Waals surface area contributed by atoms with E-state index in [1.807, 2.05) is 30.5 Å². The fraction of sp³-hybridized carbons (Fsp3) is 0.238. The zero-order chi connectivity index (χ0) is 21.3. The Bertz CT molecular complexity index is 1040. The maximum absolute atomic E-state index is 10.9. The summed E-state index contributed by atoms with van der Waals surface area (Å²) in [6, 6.07) is 12.0. The maximum atomic E-state index is 10.9. The van der Waals surface area contributed by atoms with Crippen molar-refractivity contribution in [3.63, 3.8) is 0 Å². The van der Waals surface area contributed by atoms with Crippen LogP contribution in [0.25, 0.3) is 11.3 Å². The molecule has 0 radical (unpaired) electrons. The number of nitrogens with one attached hydrogen (secondary N) is 1. The van der Waals surface area contributed by atoms with Gasteiger partial charge in [0.2, 0.25) is 5.13 Å². The van der Waals surface area contributed by atoms with Crippen LogP contribution < -0.4 is 14.9 Å². The molecule has 0 atom stereocenters. The normalized spacial score (nSPS) is 10.9. The molecule has 30 heavy (non-hydrogen) atoms. The molecule has 156 valence electrons. The van der Waals surface area contributed by atoms with Crippen molar-refractivity contribution in [3.05, 3.63) is 63.5 Å². The third-order valence-corrected chi connectivity index (χ3v) is 4.71. The molecule has 0 aliphatic heterocycles. The highest BCUT2D eigenvalue weighted by Gasteiger charge is 2.10. The van der Waals surface area contributed by atoms with Crippen LogP contribution in [-0.2, 0) is 0 Å². The summed E-state index contributed by atoms with van der Waals surface area (Å²) in [7, 11) is 0. The molecule has 0 bridgehead atoms. The fourth-order valence-electron chi connectivity index (χ4n) is 2.60. The molecule has 0 fully saturated rings. The second-order valence-corrected chi connectivity index (χ2v) is 7.06. The van der Waals surface area contributed by atoms with E-state index in [1.165, 1.54) is 23.5 Å². The number of thiazole rings is 1. The molecule has 1 heterocycles. The molecule has 0 spiro atoms. The van der Waals surface area contributed by atoms with E-state index < -0.39 is 4.92 Å². The Morgan fingerprint density at radius 2 is 2.07 bits per heavy atom. The second-order valence-electron chi connectivity index (χ2n) is 6.20. The Morgan fingerprint density at radius 3 is 2.83 bits per heavy atom. The van der Waals surface area contributed by atoms with Gasteiger partial charge in [-0.3, -0.25) is 15.5 Å². The van der Waals surface area contributed by atoms with E-state index in [0.717, 1.165) is 12.0 Å². The van der Waals surface area contributed by atoms with Crippen LogP contribution in [0.3, 0.4) is 0 Å². The topological polar surface area (TPSA) is 98.9 Å². The van der Waals surface area contributed by atoms with Gasteiger partial charge in [0, 0.05) is 23.1 Å². The van der Waals surface area contributed by atoms with E-state index in [4.69, 9.17) is 9.47 Å². The van der Waals surface area contributed by atoms with E-state index in [0.29, 0.717) is 41.1 Å². The summed E-state index contributed by atoms with van der Waals surface area (Å²) in [5.41, 5.74) is 5.11. The van der Waals surface area contributed by atoms with Gasteiger partial charge >= 0.3 is 0 Å². The Labute approximate surface area is 178 Å². The zero-order valence-electron chi connectivity index (χ0n) is 16.7. The molecule has 9 heteroatoms. The summed E-state index contributed by atoms with van der Waals surface area (Å²) in [4.78, 5) is 15.0. The minimum absolute atomic E-state index is 0.0319. The minimum atomic E-state index is -0.422. The number of non-ortho nitro benzene ring substituents is 1. The number of hydrogen-bond acceptors (Lipinski definition) is 8. The highest BCUT2D eigenvalue weighted by Crippen LogP contribution is 2.29. The largest absolute Gasteiger partial charge is 0.490 e. The molecule has 3 aromatic rings. The van der Waals surface area contributed by atoms with Gasteiger partial charge < -0.3 is 9.47 Å². The van der Waals surface area contributed by atoms with Crippen molar-refractivity contribution in [2.75, 3.05) is 18.6 Å². The van der Waals surface area contributed by atoms with E-state index >= 15 is 0 Å². The quantitative estimate of drug-likeness (QED) is 0.266. The first-order chi connectivity index (χ1) is 14.6. The van der Waals surface area contributed by atoms with Gasteiger partial charge in [0.05, 0.1) is 30.0 Å². The summed E-state index contributed by atoms with van der Waals surface area (Å²) >= 11 is 1.37. The van der Waals surface area contributed by atoms with E-state index in [-0.39, 0.29) is 5.69 Å². The third kappa shape index (κ3) is 5.54. The predicted molar refractivity (Wildman–Crippen MR) is 119 cm³/mol. The van der Waals surface area contributed by atoms with Crippen molar-refractivity contribution in [1.82, 2.24) is 4.98 Å². The van der Waals surface area contributed by atoms with Crippen LogP contribution in [0.5, 0.6) is 11.5 Å². The van der Waals surface area contributed by atoms with Gasteiger partial charge in [-0.05, 0) is 37.1 Å². The van der Waals surface area contributed by atoms with Gasteiger partial charge in [-0.2, -0.15) is 5.10 Å². The Morgan fingerprint density at radius 1 is 1.20 bits per heavy atom. The van der Waals surface area contributed by atoms with Crippen molar-refractivity contribution in [2.24, 2.45) is 5.10 Å². The highest BCUT2D eigenvalue weighted by molar-refractivity contribution is 7.14. The maximum Gasteiger partial charge on any atom is 0.270 e. The number of nitro groups is 1. The number of rotatable bonds is 10. The molecule has 0 saturated heterocycles. The van der Waals surface area contributed by atoms with Gasteiger partial charge in [-0.25, -0.2) is 4.98 Å². The van der Waals surface area contributed by atoms with Gasteiger partial charge in [0.1, 0.15) is 0 Å². The molecule has 1 aromatic heterocycles. The van der Waals surface area contributed by atoms with Crippen LogP contribution in [0, 0.1) is 10.1 Å². The first kappa shape index (κ1) is 21.3. The van der Waals surface area contributed by atoms with Crippen LogP contribution in [0.4, 0.5) is 10.8 Å². The van der Waals surface area contributed by atoms with Crippen molar-refractivity contribution < 1.29 is 14.4 Å². The molecule has 0 amide bonds. The van der Waals surface area contributed by atoms with Crippen LogP contribution >= 0.6 is 11.3 Å². The summed E-state index contributed by atoms with van der Waals surface area (Å²) < 4.78 is 11.4. The molecule has 3 rings (SSSR count). The lowest BCUT2D eigenvalue weighted by atomic mass is 10.1. The lowest BCUT2D eigenvalue weighted by Crippen LogP contribution is -2.00. The molecular formula is C21H22N4O4S. The first-order valence-electron chi connectivity index (χ1n) is 9.49. The molecule has 0 aliphatic rings. The van der Waals surface area contributed by atoms with Crippen molar-refractivity contribution in [2.45, 2.75) is 20.3 Å². The Hall–Kier alpha value is -3.46. The third-order valence-electron chi connectivity index (χ3n) is 3.96. The van der Waals surface area contributed by atoms with Gasteiger partial charge in [0.25, 0.3) is 5.69 Å². The summed E-state index contributed by atoms with van der Waals surface area (Å²) in [6.45, 7) is 5.15. The van der Waals surface area contributed by atoms with Crippen LogP contribution in [0.1, 0.15) is 25.8 Å². The molecule has 0 aliphatic carbocycles. The number of benzene rings is 2. The zero-order valence-corrected chi connectivity index (χ0v) is 17.5. The lowest BCUT2D eigenvalue weighted by molar-refractivity contribution is -0.384. The van der Waals surface area contributed by atoms with Gasteiger partial charge in [-0.1, -0.05) is 19.1 Å². The number of ether oxygens (including phenoxy) is 2. The second kappa shape index (κ2) is 10.4. The van der Waals surface area contributed by atoms with E-state index in [2.05, 4.69) is 22.4 Å². The Kier molecular flexibility index (Phi) is 7.34. The number of nitro benzene ring substituents is 1. The van der Waals surface area contributed by atoms with E-state index in [9.17, 15) is 10.1 Å². The number of nitrogens with zero attached hydrogens (tertiary/aromatic N) is 3. The summed E-state index contributed by atoms with van der Waals surface area (Å²) in [5.74, 6) is 1.39. The fourth-order valence-corrected chi connectivity index (χ4v) is 3.27. The summed E-state index contributed by atoms with van der Waals surface area (Å²) in [6.07, 6.45) is 2.59. The summed E-state index contributed by atoms with van der Waals surface area (Å²) in [5, 5.41) is 17.6. The average Bonchev–Trinajstić information content (AvgIpc) is 3.22. The highest BCUT2D eigenvalue weighted by atomic mass is 32.1. The molecule has 0 saturated carbocycles. The molecule has 0 unspecified atom stereocenters. The molecule has 8 nitrogen and oxygen atoms in total. The first-order valence-corrected chi connectivity index (χ1v) is 10.4. The van der Waals surface area contributed by atoms with Crippen molar-refractivity contribution >= 4 is 28.4 Å². The van der Waals surface area contributed by atoms with Crippen LogP contribution in [0.15, 0.2) is 52.9 Å². The SMILES string of the molecule is CCCOc1ccc(/C=N/Nc2nc(-c3cccc([N+](=O)[O-])c3)cs2)cc1OCC. The van der Waals surface area contributed by atoms with Crippen LogP contribution in [0.2, 0.25) is 0 Å². The van der Waals surface area contributed by atoms with Gasteiger partial charge in [0.15, 0.2) is 11.5 Å². The molecular weight excluding hydrogens is 404 g/mol. The number of anilines is 1. The van der Waals surface area contributed by atoms with Crippen molar-refractivity contribution in [3.8, 4) is 22.8 Å². The lowest BCUT2D eigenvalue weighted by Gasteiger charge is -2.11. The molecule has 2 aromatic carbocycles. The standard InChI is InChI=1S/C21H22N4O4S/c1-3-10-29-19-9-8-15(11-20(19)28-4-2)13-22-24-21-23-18(14-30-21)16-6-5-7-17(12-16)25(26)27/h5-9,11-14H,3-4,10H2,1-2H3,(H,23,24)/b22-13+. The molecule has 1 N–H and O–H groups in total. The Balaban J connectivity index is 1.68. The monoisotopic (exact) mass is 426 g/mol. The van der Waals surface area contributed by atoms with E-state index in [1.54, 1.807) is 18.3 Å². The number of hydrogen-bond donors (Lipinski definition) is 1. The number of hydrazone groups is 1. The van der Waals surface area contributed by atoms with Crippen LogP contribution in [-0.4, -0.2) is 29.3 Å². The predicted octanol–water partition coefficient (Wildman–Crippen LogP) is 5.35. The van der Waals surface area contributed by atoms with Gasteiger partial charge in [-0.15, -0.1) is 11.3 Å². The smallest absolute Gasteiger partial charge is 0.270 e. The average molecular weight is 426 g/mol.